The van der Waals surface area contributed by atoms with E-state index in [-0.39, 0.29) is 6.61 Å². The van der Waals surface area contributed by atoms with Crippen LogP contribution < -0.4 is 10.5 Å². The van der Waals surface area contributed by atoms with Gasteiger partial charge in [-0.3, -0.25) is 0 Å². The van der Waals surface area contributed by atoms with Crippen molar-refractivity contribution in [1.29, 1.82) is 0 Å². The zero-order valence-corrected chi connectivity index (χ0v) is 10.4. The summed E-state index contributed by atoms with van der Waals surface area (Å²) in [7, 11) is 0. The van der Waals surface area contributed by atoms with Crippen molar-refractivity contribution in [2.75, 3.05) is 0 Å². The highest BCUT2D eigenvalue weighted by atomic mass is 16.5. The molecule has 0 aromatic heterocycles. The largest absolute Gasteiger partial charge is 0.488 e. The smallest absolute Gasteiger partial charge is 0.404 e. The van der Waals surface area contributed by atoms with Gasteiger partial charge in [0.15, 0.2) is 0 Å². The second-order valence-electron chi connectivity index (χ2n) is 3.99. The van der Waals surface area contributed by atoms with E-state index in [1.54, 1.807) is 0 Å². The lowest BCUT2D eigenvalue weighted by Gasteiger charge is -2.11. The molecule has 0 fully saturated rings. The molecule has 0 aliphatic carbocycles. The molecule has 2 rings (SSSR count). The van der Waals surface area contributed by atoms with E-state index < -0.39 is 6.09 Å². The molecule has 1 amide bonds. The number of hydrogen-bond donors (Lipinski definition) is 1. The van der Waals surface area contributed by atoms with E-state index in [0.29, 0.717) is 12.4 Å². The quantitative estimate of drug-likeness (QED) is 0.895. The normalized spacial score (nSPS) is 9.89. The molecular formula is C15H15NO3. The summed E-state index contributed by atoms with van der Waals surface area (Å²) >= 11 is 0. The standard InChI is InChI=1S/C15H15NO3/c16-15(17)19-11-13-8-4-5-9-14(13)18-10-12-6-2-1-3-7-12/h1-9H,10-11H2,(H2,16,17). The molecule has 2 N–H and O–H groups in total. The molecule has 0 unspecified atom stereocenters. The van der Waals surface area contributed by atoms with Gasteiger partial charge in [0.25, 0.3) is 0 Å². The van der Waals surface area contributed by atoms with Gasteiger partial charge in [-0.1, -0.05) is 48.5 Å². The molecule has 98 valence electrons. The minimum atomic E-state index is -0.794. The molecule has 2 aromatic carbocycles. The summed E-state index contributed by atoms with van der Waals surface area (Å²) < 4.78 is 10.5. The van der Waals surface area contributed by atoms with Crippen LogP contribution in [0.5, 0.6) is 5.75 Å². The van der Waals surface area contributed by atoms with E-state index in [0.717, 1.165) is 11.1 Å². The first kappa shape index (κ1) is 13.0. The number of benzene rings is 2. The molecule has 4 heteroatoms. The predicted molar refractivity (Wildman–Crippen MR) is 71.6 cm³/mol. The highest BCUT2D eigenvalue weighted by Gasteiger charge is 2.05. The maximum Gasteiger partial charge on any atom is 0.404 e. The highest BCUT2D eigenvalue weighted by Crippen LogP contribution is 2.20. The topological polar surface area (TPSA) is 61.6 Å². The van der Waals surface area contributed by atoms with Crippen LogP contribution in [-0.4, -0.2) is 6.09 Å². The third-order valence-electron chi connectivity index (χ3n) is 2.58. The summed E-state index contributed by atoms with van der Waals surface area (Å²) in [6, 6.07) is 17.2. The maximum atomic E-state index is 10.6. The van der Waals surface area contributed by atoms with Crippen LogP contribution in [0.1, 0.15) is 11.1 Å². The third-order valence-corrected chi connectivity index (χ3v) is 2.58. The van der Waals surface area contributed by atoms with Crippen LogP contribution in [-0.2, 0) is 18.0 Å². The van der Waals surface area contributed by atoms with E-state index in [9.17, 15) is 4.79 Å². The molecule has 0 radical (unpaired) electrons. The van der Waals surface area contributed by atoms with Gasteiger partial charge in [0, 0.05) is 5.56 Å². The molecule has 4 nitrogen and oxygen atoms in total. The van der Waals surface area contributed by atoms with Crippen LogP contribution in [0.4, 0.5) is 4.79 Å². The number of carbonyl (C=O) groups is 1. The minimum Gasteiger partial charge on any atom is -0.488 e. The Balaban J connectivity index is 2.01. The summed E-state index contributed by atoms with van der Waals surface area (Å²) in [4.78, 5) is 10.6. The van der Waals surface area contributed by atoms with Gasteiger partial charge in [0.2, 0.25) is 0 Å². The van der Waals surface area contributed by atoms with Gasteiger partial charge < -0.3 is 15.2 Å². The number of rotatable bonds is 5. The van der Waals surface area contributed by atoms with Crippen molar-refractivity contribution in [3.8, 4) is 5.75 Å². The maximum absolute atomic E-state index is 10.6. The molecular weight excluding hydrogens is 242 g/mol. The van der Waals surface area contributed by atoms with E-state index >= 15 is 0 Å². The van der Waals surface area contributed by atoms with Crippen molar-refractivity contribution in [2.45, 2.75) is 13.2 Å². The Kier molecular flexibility index (Phi) is 4.39. The monoisotopic (exact) mass is 257 g/mol. The fourth-order valence-electron chi connectivity index (χ4n) is 1.65. The van der Waals surface area contributed by atoms with Crippen molar-refractivity contribution in [3.63, 3.8) is 0 Å². The first-order valence-electron chi connectivity index (χ1n) is 5.92. The van der Waals surface area contributed by atoms with Gasteiger partial charge in [-0.25, -0.2) is 4.79 Å². The molecule has 0 saturated carbocycles. The lowest BCUT2D eigenvalue weighted by molar-refractivity contribution is 0.148. The Morgan fingerprint density at radius 1 is 0.947 bits per heavy atom. The fraction of sp³-hybridized carbons (Fsp3) is 0.133. The van der Waals surface area contributed by atoms with E-state index in [2.05, 4.69) is 0 Å². The zero-order chi connectivity index (χ0) is 13.5. The summed E-state index contributed by atoms with van der Waals surface area (Å²) in [5.41, 5.74) is 6.82. The molecule has 0 saturated heterocycles. The van der Waals surface area contributed by atoms with E-state index in [1.165, 1.54) is 0 Å². The Morgan fingerprint density at radius 3 is 2.37 bits per heavy atom. The molecule has 0 spiro atoms. The van der Waals surface area contributed by atoms with Gasteiger partial charge in [-0.05, 0) is 11.6 Å². The number of ether oxygens (including phenoxy) is 2. The van der Waals surface area contributed by atoms with Gasteiger partial charge in [0.1, 0.15) is 19.0 Å². The van der Waals surface area contributed by atoms with Crippen molar-refractivity contribution in [1.82, 2.24) is 0 Å². The first-order valence-corrected chi connectivity index (χ1v) is 5.92. The van der Waals surface area contributed by atoms with Crippen molar-refractivity contribution in [2.24, 2.45) is 5.73 Å². The van der Waals surface area contributed by atoms with Crippen molar-refractivity contribution in [3.05, 3.63) is 65.7 Å². The van der Waals surface area contributed by atoms with Crippen LogP contribution in [0.15, 0.2) is 54.6 Å². The highest BCUT2D eigenvalue weighted by molar-refractivity contribution is 5.64. The summed E-state index contributed by atoms with van der Waals surface area (Å²) in [6.45, 7) is 0.578. The van der Waals surface area contributed by atoms with Crippen LogP contribution in [0.2, 0.25) is 0 Å². The number of amides is 1. The van der Waals surface area contributed by atoms with Gasteiger partial charge in [0.05, 0.1) is 0 Å². The average molecular weight is 257 g/mol. The summed E-state index contributed by atoms with van der Waals surface area (Å²) in [5.74, 6) is 0.688. The number of hydrogen-bond acceptors (Lipinski definition) is 3. The van der Waals surface area contributed by atoms with E-state index in [4.69, 9.17) is 15.2 Å². The van der Waals surface area contributed by atoms with Gasteiger partial charge in [-0.2, -0.15) is 0 Å². The predicted octanol–water partition coefficient (Wildman–Crippen LogP) is 2.86. The fourth-order valence-corrected chi connectivity index (χ4v) is 1.65. The Labute approximate surface area is 111 Å². The van der Waals surface area contributed by atoms with Crippen LogP contribution in [0, 0.1) is 0 Å². The van der Waals surface area contributed by atoms with Crippen LogP contribution in [0.25, 0.3) is 0 Å². The van der Waals surface area contributed by atoms with Gasteiger partial charge in [-0.15, -0.1) is 0 Å². The van der Waals surface area contributed by atoms with Crippen molar-refractivity contribution >= 4 is 6.09 Å². The Bertz CT molecular complexity index is 540. The number of carbonyl (C=O) groups excluding carboxylic acids is 1. The Morgan fingerprint density at radius 2 is 1.63 bits per heavy atom. The van der Waals surface area contributed by atoms with Crippen molar-refractivity contribution < 1.29 is 14.3 Å². The number of primary amides is 1. The molecule has 0 aliphatic rings. The molecule has 0 bridgehead atoms. The summed E-state index contributed by atoms with van der Waals surface area (Å²) in [6.07, 6.45) is -0.794. The SMILES string of the molecule is NC(=O)OCc1ccccc1OCc1ccccc1. The third kappa shape index (κ3) is 4.03. The molecule has 0 heterocycles. The van der Waals surface area contributed by atoms with Gasteiger partial charge >= 0.3 is 6.09 Å². The van der Waals surface area contributed by atoms with Crippen LogP contribution >= 0.6 is 0 Å². The zero-order valence-electron chi connectivity index (χ0n) is 10.4. The summed E-state index contributed by atoms with van der Waals surface area (Å²) in [5, 5.41) is 0. The average Bonchev–Trinajstić information content (AvgIpc) is 2.45. The second kappa shape index (κ2) is 6.44. The lowest BCUT2D eigenvalue weighted by atomic mass is 10.2. The molecule has 2 aromatic rings. The van der Waals surface area contributed by atoms with Crippen LogP contribution in [0.3, 0.4) is 0 Å². The number of nitrogens with two attached hydrogens (primary N) is 1. The minimum absolute atomic E-state index is 0.111. The second-order valence-corrected chi connectivity index (χ2v) is 3.99. The first-order chi connectivity index (χ1) is 9.25. The van der Waals surface area contributed by atoms with E-state index in [1.807, 2.05) is 54.6 Å². The molecule has 19 heavy (non-hydrogen) atoms. The Hall–Kier alpha value is -2.49. The molecule has 0 aliphatic heterocycles. The molecule has 0 atom stereocenters. The number of para-hydroxylation sites is 1. The lowest BCUT2D eigenvalue weighted by Crippen LogP contribution is -2.13.